The van der Waals surface area contributed by atoms with Crippen LogP contribution >= 0.6 is 0 Å². The Hall–Kier alpha value is -1.01. The molecular formula is C7H11NO2. The molecule has 3 nitrogen and oxygen atoms in total. The normalized spacial score (nSPS) is 14.9. The minimum absolute atomic E-state index is 0.350. The van der Waals surface area contributed by atoms with Crippen LogP contribution in [0.15, 0.2) is 0 Å². The molecule has 0 aliphatic heterocycles. The predicted molar refractivity (Wildman–Crippen MR) is 38.1 cm³/mol. The molecule has 0 aliphatic carbocycles. The van der Waals surface area contributed by atoms with Crippen LogP contribution in [0.5, 0.6) is 0 Å². The molecule has 0 aromatic rings. The van der Waals surface area contributed by atoms with E-state index in [4.69, 9.17) is 11.5 Å². The minimum Gasteiger partial charge on any atom is -0.393 e. The lowest BCUT2D eigenvalue weighted by atomic mass is 10.1. The SMILES string of the molecule is C#C[C@H](C[C@@H](C)O)NC=O. The Morgan fingerprint density at radius 1 is 1.90 bits per heavy atom. The number of hydrogen-bond donors (Lipinski definition) is 2. The van der Waals surface area contributed by atoms with E-state index in [-0.39, 0.29) is 6.04 Å². The van der Waals surface area contributed by atoms with Gasteiger partial charge < -0.3 is 10.4 Å². The molecule has 0 fully saturated rings. The van der Waals surface area contributed by atoms with Crippen molar-refractivity contribution in [2.24, 2.45) is 0 Å². The third-order valence-electron chi connectivity index (χ3n) is 1.05. The van der Waals surface area contributed by atoms with Crippen LogP contribution in [0.1, 0.15) is 13.3 Å². The second-order valence-corrected chi connectivity index (χ2v) is 2.09. The van der Waals surface area contributed by atoms with Crippen LogP contribution in [0, 0.1) is 12.3 Å². The standard InChI is InChI=1S/C7H11NO2/c1-3-7(8-5-9)4-6(2)10/h1,5-7,10H,4H2,2H3,(H,8,9)/t6-,7-/m1/s1. The van der Waals surface area contributed by atoms with Gasteiger partial charge in [0.25, 0.3) is 0 Å². The van der Waals surface area contributed by atoms with Crippen LogP contribution in [0.4, 0.5) is 0 Å². The first-order valence-corrected chi connectivity index (χ1v) is 3.04. The summed E-state index contributed by atoms with van der Waals surface area (Å²) >= 11 is 0. The third kappa shape index (κ3) is 3.93. The summed E-state index contributed by atoms with van der Waals surface area (Å²) in [6, 6.07) is -0.350. The Labute approximate surface area is 60.4 Å². The van der Waals surface area contributed by atoms with Gasteiger partial charge in [-0.25, -0.2) is 0 Å². The lowest BCUT2D eigenvalue weighted by Crippen LogP contribution is -2.29. The maximum atomic E-state index is 9.87. The molecule has 0 aliphatic rings. The molecule has 0 spiro atoms. The van der Waals surface area contributed by atoms with Gasteiger partial charge in [0.05, 0.1) is 12.1 Å². The number of rotatable bonds is 4. The molecule has 0 saturated heterocycles. The Bertz CT molecular complexity index is 137. The summed E-state index contributed by atoms with van der Waals surface area (Å²) in [7, 11) is 0. The molecule has 56 valence electrons. The number of aliphatic hydroxyl groups excluding tert-OH is 1. The maximum Gasteiger partial charge on any atom is 0.208 e. The van der Waals surface area contributed by atoms with Crippen LogP contribution in [0.2, 0.25) is 0 Å². The van der Waals surface area contributed by atoms with Gasteiger partial charge in [-0.2, -0.15) is 0 Å². The van der Waals surface area contributed by atoms with E-state index in [2.05, 4.69) is 11.2 Å². The maximum absolute atomic E-state index is 9.87. The van der Waals surface area contributed by atoms with Crippen LogP contribution < -0.4 is 5.32 Å². The van der Waals surface area contributed by atoms with Crippen molar-refractivity contribution in [1.29, 1.82) is 0 Å². The summed E-state index contributed by atoms with van der Waals surface area (Å²) < 4.78 is 0. The van der Waals surface area contributed by atoms with Gasteiger partial charge >= 0.3 is 0 Å². The van der Waals surface area contributed by atoms with Crippen molar-refractivity contribution in [3.05, 3.63) is 0 Å². The Balaban J connectivity index is 3.62. The van der Waals surface area contributed by atoms with Gasteiger partial charge in [0.2, 0.25) is 6.41 Å². The minimum atomic E-state index is -0.478. The number of carbonyl (C=O) groups is 1. The van der Waals surface area contributed by atoms with Crippen LogP contribution in [-0.2, 0) is 4.79 Å². The molecule has 2 atom stereocenters. The van der Waals surface area contributed by atoms with Gasteiger partial charge in [0.15, 0.2) is 0 Å². The average Bonchev–Trinajstić information content (AvgIpc) is 1.86. The number of carbonyl (C=O) groups excluding carboxylic acids is 1. The van der Waals surface area contributed by atoms with Crippen molar-refractivity contribution in [2.75, 3.05) is 0 Å². The zero-order valence-electron chi connectivity index (χ0n) is 5.87. The molecule has 10 heavy (non-hydrogen) atoms. The number of amides is 1. The molecule has 0 aromatic carbocycles. The Morgan fingerprint density at radius 2 is 2.50 bits per heavy atom. The summed E-state index contributed by atoms with van der Waals surface area (Å²) in [5.41, 5.74) is 0. The fourth-order valence-corrected chi connectivity index (χ4v) is 0.607. The van der Waals surface area contributed by atoms with E-state index in [9.17, 15) is 4.79 Å². The number of hydrogen-bond acceptors (Lipinski definition) is 2. The topological polar surface area (TPSA) is 49.3 Å². The van der Waals surface area contributed by atoms with E-state index >= 15 is 0 Å². The largest absolute Gasteiger partial charge is 0.393 e. The summed E-state index contributed by atoms with van der Waals surface area (Å²) in [6.07, 6.45) is 5.48. The Kier molecular flexibility index (Phi) is 4.34. The van der Waals surface area contributed by atoms with Gasteiger partial charge in [-0.05, 0) is 6.92 Å². The van der Waals surface area contributed by atoms with Crippen molar-refractivity contribution in [1.82, 2.24) is 5.32 Å². The van der Waals surface area contributed by atoms with Gasteiger partial charge in [0, 0.05) is 6.42 Å². The molecule has 0 bridgehead atoms. The predicted octanol–water partition coefficient (Wildman–Crippen LogP) is -0.495. The fraction of sp³-hybridized carbons (Fsp3) is 0.571. The van der Waals surface area contributed by atoms with Crippen molar-refractivity contribution in [3.8, 4) is 12.3 Å². The zero-order chi connectivity index (χ0) is 7.98. The van der Waals surface area contributed by atoms with E-state index < -0.39 is 6.10 Å². The first-order valence-electron chi connectivity index (χ1n) is 3.04. The van der Waals surface area contributed by atoms with Gasteiger partial charge in [-0.1, -0.05) is 5.92 Å². The first-order chi connectivity index (χ1) is 4.70. The van der Waals surface area contributed by atoms with E-state index in [0.717, 1.165) is 0 Å². The molecule has 0 unspecified atom stereocenters. The van der Waals surface area contributed by atoms with E-state index in [1.54, 1.807) is 6.92 Å². The van der Waals surface area contributed by atoms with E-state index in [1.807, 2.05) is 0 Å². The van der Waals surface area contributed by atoms with Crippen molar-refractivity contribution < 1.29 is 9.90 Å². The summed E-state index contributed by atoms with van der Waals surface area (Å²) in [5, 5.41) is 11.2. The molecular weight excluding hydrogens is 130 g/mol. The second-order valence-electron chi connectivity index (χ2n) is 2.09. The molecule has 3 heteroatoms. The summed E-state index contributed by atoms with van der Waals surface area (Å²) in [5.74, 6) is 2.33. The van der Waals surface area contributed by atoms with Gasteiger partial charge in [0.1, 0.15) is 0 Å². The van der Waals surface area contributed by atoms with Crippen molar-refractivity contribution in [3.63, 3.8) is 0 Å². The molecule has 2 N–H and O–H groups in total. The van der Waals surface area contributed by atoms with E-state index in [1.165, 1.54) is 0 Å². The zero-order valence-corrected chi connectivity index (χ0v) is 5.87. The highest BCUT2D eigenvalue weighted by Gasteiger charge is 2.05. The van der Waals surface area contributed by atoms with Crippen molar-refractivity contribution in [2.45, 2.75) is 25.5 Å². The number of terminal acetylenes is 1. The lowest BCUT2D eigenvalue weighted by Gasteiger charge is -2.10. The average molecular weight is 141 g/mol. The van der Waals surface area contributed by atoms with Gasteiger partial charge in [-0.15, -0.1) is 6.42 Å². The quantitative estimate of drug-likeness (QED) is 0.410. The van der Waals surface area contributed by atoms with Crippen LogP contribution in [-0.4, -0.2) is 23.7 Å². The molecule has 0 aromatic heterocycles. The summed E-state index contributed by atoms with van der Waals surface area (Å²) in [4.78, 5) is 9.87. The molecule has 0 heterocycles. The monoisotopic (exact) mass is 141 g/mol. The highest BCUT2D eigenvalue weighted by Crippen LogP contribution is 1.94. The molecule has 0 saturated carbocycles. The van der Waals surface area contributed by atoms with E-state index in [0.29, 0.717) is 12.8 Å². The second kappa shape index (κ2) is 4.83. The molecule has 0 radical (unpaired) electrons. The first kappa shape index (κ1) is 8.99. The van der Waals surface area contributed by atoms with Crippen LogP contribution in [0.3, 0.4) is 0 Å². The smallest absolute Gasteiger partial charge is 0.208 e. The number of aliphatic hydroxyl groups is 1. The van der Waals surface area contributed by atoms with Gasteiger partial charge in [-0.3, -0.25) is 4.79 Å². The van der Waals surface area contributed by atoms with Crippen molar-refractivity contribution >= 4 is 6.41 Å². The third-order valence-corrected chi connectivity index (χ3v) is 1.05. The number of nitrogens with one attached hydrogen (secondary N) is 1. The highest BCUT2D eigenvalue weighted by molar-refractivity contribution is 5.47. The van der Waals surface area contributed by atoms with Crippen LogP contribution in [0.25, 0.3) is 0 Å². The molecule has 0 rings (SSSR count). The lowest BCUT2D eigenvalue weighted by molar-refractivity contribution is -0.109. The molecule has 1 amide bonds. The Morgan fingerprint density at radius 3 is 2.80 bits per heavy atom. The summed E-state index contributed by atoms with van der Waals surface area (Å²) in [6.45, 7) is 1.62. The highest BCUT2D eigenvalue weighted by atomic mass is 16.3. The fourth-order valence-electron chi connectivity index (χ4n) is 0.607.